The molecule has 4 aliphatic carbocycles. The number of fused-ring (bicyclic) bond motifs is 5. The van der Waals surface area contributed by atoms with Crippen molar-refractivity contribution in [3.63, 3.8) is 0 Å². The van der Waals surface area contributed by atoms with Crippen molar-refractivity contribution in [2.24, 2.45) is 28.6 Å². The lowest BCUT2D eigenvalue weighted by Gasteiger charge is -2.57. The molecule has 4 aliphatic rings. The maximum atomic E-state index is 14.1. The second-order valence-corrected chi connectivity index (χ2v) is 8.35. The fraction of sp³-hybridized carbons (Fsp3) is 0.789. The number of carbonyl (C=O) groups is 2. The highest BCUT2D eigenvalue weighted by molar-refractivity contribution is 5.91. The molecule has 0 heterocycles. The predicted molar refractivity (Wildman–Crippen MR) is 83.2 cm³/mol. The molecule has 1 N–H and O–H groups in total. The highest BCUT2D eigenvalue weighted by Gasteiger charge is 2.63. The van der Waals surface area contributed by atoms with Gasteiger partial charge in [-0.05, 0) is 67.8 Å². The first-order chi connectivity index (χ1) is 10.9. The van der Waals surface area contributed by atoms with E-state index in [1.54, 1.807) is 0 Å². The molecule has 3 fully saturated rings. The lowest BCUT2D eigenvalue weighted by atomic mass is 9.47. The summed E-state index contributed by atoms with van der Waals surface area (Å²) in [6.07, 6.45) is 5.49. The number of Topliss-reactive ketones (excluding diaryl/α,β-unsaturated/α-hetero) is 1. The SMILES string of the molecule is C[C@]12CCC(=O)C=C1CC[C@@H]1[C@@H]2CC[C@]2(C(O)F)C(=O)CC[C@@H]12. The molecule has 0 aromatic rings. The monoisotopic (exact) mass is 320 g/mol. The van der Waals surface area contributed by atoms with Crippen molar-refractivity contribution < 1.29 is 19.1 Å². The van der Waals surface area contributed by atoms with Crippen molar-refractivity contribution in [3.05, 3.63) is 11.6 Å². The molecule has 1 unspecified atom stereocenters. The van der Waals surface area contributed by atoms with Crippen LogP contribution in [-0.4, -0.2) is 23.0 Å². The maximum Gasteiger partial charge on any atom is 0.209 e. The number of halogens is 1. The summed E-state index contributed by atoms with van der Waals surface area (Å²) < 4.78 is 14.1. The van der Waals surface area contributed by atoms with Gasteiger partial charge in [-0.2, -0.15) is 0 Å². The highest BCUT2D eigenvalue weighted by atomic mass is 19.1. The van der Waals surface area contributed by atoms with Gasteiger partial charge in [0.05, 0.1) is 5.41 Å². The zero-order valence-corrected chi connectivity index (χ0v) is 13.7. The van der Waals surface area contributed by atoms with Gasteiger partial charge < -0.3 is 5.11 Å². The van der Waals surface area contributed by atoms with E-state index in [2.05, 4.69) is 6.92 Å². The van der Waals surface area contributed by atoms with Crippen LogP contribution >= 0.6 is 0 Å². The van der Waals surface area contributed by atoms with E-state index in [1.165, 1.54) is 5.57 Å². The van der Waals surface area contributed by atoms with E-state index in [1.807, 2.05) is 6.08 Å². The molecule has 0 aromatic heterocycles. The first kappa shape index (κ1) is 15.5. The van der Waals surface area contributed by atoms with Crippen LogP contribution in [0.2, 0.25) is 0 Å². The van der Waals surface area contributed by atoms with E-state index in [0.29, 0.717) is 31.1 Å². The van der Waals surface area contributed by atoms with Gasteiger partial charge in [-0.25, -0.2) is 4.39 Å². The Labute approximate surface area is 136 Å². The van der Waals surface area contributed by atoms with Crippen LogP contribution in [0.25, 0.3) is 0 Å². The average Bonchev–Trinajstić information content (AvgIpc) is 2.86. The Morgan fingerprint density at radius 3 is 2.65 bits per heavy atom. The molecule has 3 saturated carbocycles. The molecule has 0 amide bonds. The van der Waals surface area contributed by atoms with Gasteiger partial charge >= 0.3 is 0 Å². The topological polar surface area (TPSA) is 54.4 Å². The largest absolute Gasteiger partial charge is 0.363 e. The number of rotatable bonds is 1. The second kappa shape index (κ2) is 4.98. The fourth-order valence-electron chi connectivity index (χ4n) is 6.49. The van der Waals surface area contributed by atoms with Gasteiger partial charge in [0.15, 0.2) is 5.78 Å². The van der Waals surface area contributed by atoms with Crippen LogP contribution in [0.15, 0.2) is 11.6 Å². The number of aliphatic hydroxyl groups is 1. The summed E-state index contributed by atoms with van der Waals surface area (Å²) in [6, 6.07) is 0. The molecular weight excluding hydrogens is 295 g/mol. The van der Waals surface area contributed by atoms with Crippen molar-refractivity contribution in [2.75, 3.05) is 0 Å². The molecule has 0 aliphatic heterocycles. The standard InChI is InChI=1S/C19H25FO3/c1-18-8-6-12(21)10-11(18)2-3-13-14(18)7-9-19(17(20)23)15(13)4-5-16(19)22/h10,13-15,17,23H,2-9H2,1H3/t13-,14+,15+,17?,18+,19-/m1/s1. The molecule has 0 aromatic carbocycles. The minimum Gasteiger partial charge on any atom is -0.363 e. The summed E-state index contributed by atoms with van der Waals surface area (Å²) >= 11 is 0. The molecule has 0 bridgehead atoms. The normalized spacial score (nSPS) is 47.4. The Morgan fingerprint density at radius 1 is 1.13 bits per heavy atom. The van der Waals surface area contributed by atoms with Crippen molar-refractivity contribution in [1.29, 1.82) is 0 Å². The van der Waals surface area contributed by atoms with E-state index in [0.717, 1.165) is 32.1 Å². The third kappa shape index (κ3) is 1.90. The number of allylic oxidation sites excluding steroid dienone is 1. The van der Waals surface area contributed by atoms with E-state index >= 15 is 0 Å². The van der Waals surface area contributed by atoms with Gasteiger partial charge in [0.1, 0.15) is 5.78 Å². The summed E-state index contributed by atoms with van der Waals surface area (Å²) in [6.45, 7) is 2.26. The van der Waals surface area contributed by atoms with Crippen molar-refractivity contribution in [2.45, 2.75) is 64.6 Å². The number of hydrogen-bond donors (Lipinski definition) is 1. The van der Waals surface area contributed by atoms with Gasteiger partial charge in [0.25, 0.3) is 0 Å². The van der Waals surface area contributed by atoms with Gasteiger partial charge in [0.2, 0.25) is 6.36 Å². The Kier molecular flexibility index (Phi) is 3.36. The van der Waals surface area contributed by atoms with Gasteiger partial charge in [0, 0.05) is 12.8 Å². The van der Waals surface area contributed by atoms with Crippen LogP contribution in [0.1, 0.15) is 58.3 Å². The summed E-state index contributed by atoms with van der Waals surface area (Å²) in [7, 11) is 0. The Bertz CT molecular complexity index is 595. The molecule has 4 heteroatoms. The molecule has 0 spiro atoms. The maximum absolute atomic E-state index is 14.1. The number of aliphatic hydroxyl groups excluding tert-OH is 1. The molecule has 4 rings (SSSR count). The van der Waals surface area contributed by atoms with Crippen LogP contribution in [-0.2, 0) is 9.59 Å². The van der Waals surface area contributed by atoms with Gasteiger partial charge in [-0.1, -0.05) is 12.5 Å². The Balaban J connectivity index is 1.72. The minimum absolute atomic E-state index is 0.0234. The van der Waals surface area contributed by atoms with E-state index in [-0.39, 0.29) is 22.9 Å². The Hall–Kier alpha value is -1.03. The minimum atomic E-state index is -2.03. The molecule has 6 atom stereocenters. The predicted octanol–water partition coefficient (Wildman–Crippen LogP) is 3.36. The third-order valence-corrected chi connectivity index (χ3v) is 7.72. The fourth-order valence-corrected chi connectivity index (χ4v) is 6.49. The summed E-state index contributed by atoms with van der Waals surface area (Å²) in [5.41, 5.74) is 0.159. The number of alkyl halides is 1. The molecule has 126 valence electrons. The average molecular weight is 320 g/mol. The molecular formula is C19H25FO3. The lowest BCUT2D eigenvalue weighted by Crippen LogP contribution is -2.54. The summed E-state index contributed by atoms with van der Waals surface area (Å²) in [4.78, 5) is 24.2. The number of carbonyl (C=O) groups excluding carboxylic acids is 2. The number of hydrogen-bond acceptors (Lipinski definition) is 3. The van der Waals surface area contributed by atoms with Crippen LogP contribution in [0.5, 0.6) is 0 Å². The summed E-state index contributed by atoms with van der Waals surface area (Å²) in [5.74, 6) is 0.858. The first-order valence-corrected chi connectivity index (χ1v) is 8.99. The molecule has 0 radical (unpaired) electrons. The zero-order valence-electron chi connectivity index (χ0n) is 13.7. The quantitative estimate of drug-likeness (QED) is 0.806. The summed E-state index contributed by atoms with van der Waals surface area (Å²) in [5, 5.41) is 9.79. The zero-order chi connectivity index (χ0) is 16.4. The molecule has 0 saturated heterocycles. The van der Waals surface area contributed by atoms with Crippen LogP contribution in [0.3, 0.4) is 0 Å². The van der Waals surface area contributed by atoms with Gasteiger partial charge in [-0.3, -0.25) is 9.59 Å². The van der Waals surface area contributed by atoms with Gasteiger partial charge in [-0.15, -0.1) is 0 Å². The van der Waals surface area contributed by atoms with E-state index in [9.17, 15) is 19.1 Å². The van der Waals surface area contributed by atoms with Crippen molar-refractivity contribution in [3.8, 4) is 0 Å². The molecule has 23 heavy (non-hydrogen) atoms. The van der Waals surface area contributed by atoms with Crippen molar-refractivity contribution >= 4 is 11.6 Å². The second-order valence-electron chi connectivity index (χ2n) is 8.35. The van der Waals surface area contributed by atoms with E-state index in [4.69, 9.17) is 0 Å². The van der Waals surface area contributed by atoms with Crippen LogP contribution in [0.4, 0.5) is 4.39 Å². The third-order valence-electron chi connectivity index (χ3n) is 7.72. The van der Waals surface area contributed by atoms with E-state index < -0.39 is 11.8 Å². The van der Waals surface area contributed by atoms with Crippen molar-refractivity contribution in [1.82, 2.24) is 0 Å². The Morgan fingerprint density at radius 2 is 1.91 bits per heavy atom. The number of ketones is 2. The first-order valence-electron chi connectivity index (χ1n) is 8.99. The smallest absolute Gasteiger partial charge is 0.209 e. The van der Waals surface area contributed by atoms with Crippen LogP contribution < -0.4 is 0 Å². The highest BCUT2D eigenvalue weighted by Crippen LogP contribution is 2.65. The lowest BCUT2D eigenvalue weighted by molar-refractivity contribution is -0.167. The molecule has 3 nitrogen and oxygen atoms in total. The van der Waals surface area contributed by atoms with Crippen LogP contribution in [0, 0.1) is 28.6 Å².